The van der Waals surface area contributed by atoms with Gasteiger partial charge in [-0.15, -0.1) is 11.3 Å². The van der Waals surface area contributed by atoms with Crippen LogP contribution in [-0.4, -0.2) is 29.1 Å². The van der Waals surface area contributed by atoms with E-state index in [-0.39, 0.29) is 0 Å². The van der Waals surface area contributed by atoms with Gasteiger partial charge in [-0.25, -0.2) is 0 Å². The first-order chi connectivity index (χ1) is 8.74. The first-order valence-electron chi connectivity index (χ1n) is 6.76. The van der Waals surface area contributed by atoms with Crippen molar-refractivity contribution >= 4 is 17.3 Å². The molecule has 1 aromatic rings. The second-order valence-corrected chi connectivity index (χ2v) is 6.46. The molecule has 98 valence electrons. The molecule has 1 saturated heterocycles. The van der Waals surface area contributed by atoms with Gasteiger partial charge in [0.25, 0.3) is 0 Å². The van der Waals surface area contributed by atoms with E-state index < -0.39 is 5.97 Å². The third kappa shape index (κ3) is 2.31. The largest absolute Gasteiger partial charge is 0.481 e. The summed E-state index contributed by atoms with van der Waals surface area (Å²) >= 11 is 1.88. The number of nitrogens with zero attached hydrogens (tertiary/aromatic N) is 1. The van der Waals surface area contributed by atoms with Crippen molar-refractivity contribution in [3.63, 3.8) is 0 Å². The maximum absolute atomic E-state index is 10.8. The molecule has 1 aromatic heterocycles. The number of rotatable bonds is 3. The van der Waals surface area contributed by atoms with E-state index >= 15 is 0 Å². The summed E-state index contributed by atoms with van der Waals surface area (Å²) in [5.74, 6) is -0.298. The van der Waals surface area contributed by atoms with Gasteiger partial charge in [0.1, 0.15) is 0 Å². The van der Waals surface area contributed by atoms with Gasteiger partial charge in [0, 0.05) is 23.9 Å². The first kappa shape index (κ1) is 12.2. The Morgan fingerprint density at radius 2 is 2.39 bits per heavy atom. The van der Waals surface area contributed by atoms with Crippen LogP contribution in [0.5, 0.6) is 0 Å². The summed E-state index contributed by atoms with van der Waals surface area (Å²) in [6.45, 7) is 2.03. The van der Waals surface area contributed by atoms with Crippen LogP contribution in [0.2, 0.25) is 0 Å². The average Bonchev–Trinajstić information content (AvgIpc) is 2.95. The van der Waals surface area contributed by atoms with E-state index in [1.54, 1.807) is 4.88 Å². The van der Waals surface area contributed by atoms with Gasteiger partial charge < -0.3 is 5.11 Å². The van der Waals surface area contributed by atoms with Crippen molar-refractivity contribution in [1.29, 1.82) is 0 Å². The summed E-state index contributed by atoms with van der Waals surface area (Å²) in [7, 11) is 0. The van der Waals surface area contributed by atoms with Crippen LogP contribution in [0.3, 0.4) is 0 Å². The average molecular weight is 265 g/mol. The summed E-state index contributed by atoms with van der Waals surface area (Å²) < 4.78 is 0. The van der Waals surface area contributed by atoms with Crippen molar-refractivity contribution in [2.75, 3.05) is 13.1 Å². The Morgan fingerprint density at radius 1 is 1.50 bits per heavy atom. The smallest absolute Gasteiger partial charge is 0.303 e. The zero-order valence-corrected chi connectivity index (χ0v) is 11.3. The van der Waals surface area contributed by atoms with Gasteiger partial charge in [0.15, 0.2) is 0 Å². The number of hydrogen-bond donors (Lipinski definition) is 1. The zero-order valence-electron chi connectivity index (χ0n) is 10.5. The fourth-order valence-electron chi connectivity index (χ4n) is 3.40. The van der Waals surface area contributed by atoms with Crippen LogP contribution in [-0.2, 0) is 11.2 Å². The molecule has 0 spiro atoms. The molecule has 3 nitrogen and oxygen atoms in total. The number of carbonyl (C=O) groups is 1. The maximum atomic E-state index is 10.8. The Bertz CT molecular complexity index is 443. The number of carboxylic acid groups (broad SMARTS) is 1. The Kier molecular flexibility index (Phi) is 3.39. The molecular weight excluding hydrogens is 246 g/mol. The van der Waals surface area contributed by atoms with Crippen LogP contribution in [0.25, 0.3) is 0 Å². The van der Waals surface area contributed by atoms with Crippen molar-refractivity contribution in [3.05, 3.63) is 21.9 Å². The van der Waals surface area contributed by atoms with Crippen LogP contribution in [0.15, 0.2) is 11.4 Å². The molecule has 1 N–H and O–H groups in total. The number of aliphatic carboxylic acids is 1. The molecule has 1 aliphatic carbocycles. The minimum Gasteiger partial charge on any atom is -0.481 e. The van der Waals surface area contributed by atoms with Gasteiger partial charge in [0.05, 0.1) is 0 Å². The van der Waals surface area contributed by atoms with Gasteiger partial charge in [0.2, 0.25) is 0 Å². The molecule has 3 rings (SSSR count). The fourth-order valence-corrected chi connectivity index (χ4v) is 4.38. The van der Waals surface area contributed by atoms with Gasteiger partial charge in [-0.1, -0.05) is 0 Å². The molecule has 1 fully saturated rings. The van der Waals surface area contributed by atoms with E-state index in [0.29, 0.717) is 18.4 Å². The second kappa shape index (κ2) is 5.02. The standard InChI is InChI=1S/C14H19NO2S/c16-14(17)8-10-4-6-15(9-10)12-2-1-3-13-11(12)5-7-18-13/h5,7,10,12H,1-4,6,8-9H2,(H,16,17). The van der Waals surface area contributed by atoms with Crippen LogP contribution >= 0.6 is 11.3 Å². The van der Waals surface area contributed by atoms with Gasteiger partial charge in [-0.05, 0) is 55.2 Å². The highest BCUT2D eigenvalue weighted by Gasteiger charge is 2.32. The number of carboxylic acids is 1. The highest BCUT2D eigenvalue weighted by molar-refractivity contribution is 7.10. The van der Waals surface area contributed by atoms with E-state index in [1.165, 1.54) is 24.8 Å². The van der Waals surface area contributed by atoms with E-state index in [9.17, 15) is 4.79 Å². The Labute approximate surface area is 111 Å². The minimum atomic E-state index is -0.651. The van der Waals surface area contributed by atoms with E-state index in [4.69, 9.17) is 5.11 Å². The second-order valence-electron chi connectivity index (χ2n) is 5.45. The molecule has 0 amide bonds. The first-order valence-corrected chi connectivity index (χ1v) is 7.64. The lowest BCUT2D eigenvalue weighted by Gasteiger charge is -2.31. The summed E-state index contributed by atoms with van der Waals surface area (Å²) in [6, 6.07) is 2.83. The SMILES string of the molecule is O=C(O)CC1CCN(C2CCCc3sccc32)C1. The summed E-state index contributed by atoms with van der Waals surface area (Å²) in [5, 5.41) is 11.1. The van der Waals surface area contributed by atoms with E-state index in [1.807, 2.05) is 11.3 Å². The highest BCUT2D eigenvalue weighted by Crippen LogP contribution is 2.39. The van der Waals surface area contributed by atoms with E-state index in [0.717, 1.165) is 19.5 Å². The number of aryl methyl sites for hydroxylation is 1. The topological polar surface area (TPSA) is 40.5 Å². The summed E-state index contributed by atoms with van der Waals surface area (Å²) in [4.78, 5) is 14.8. The summed E-state index contributed by atoms with van der Waals surface area (Å²) in [5.41, 5.74) is 1.52. The Morgan fingerprint density at radius 3 is 3.22 bits per heavy atom. The number of fused-ring (bicyclic) bond motifs is 1. The van der Waals surface area contributed by atoms with E-state index in [2.05, 4.69) is 16.3 Å². The number of likely N-dealkylation sites (tertiary alicyclic amines) is 1. The third-order valence-electron chi connectivity index (χ3n) is 4.24. The lowest BCUT2D eigenvalue weighted by molar-refractivity contribution is -0.138. The molecule has 0 radical (unpaired) electrons. The van der Waals surface area contributed by atoms with Gasteiger partial charge >= 0.3 is 5.97 Å². The van der Waals surface area contributed by atoms with Gasteiger partial charge in [-0.3, -0.25) is 9.69 Å². The van der Waals surface area contributed by atoms with Crippen LogP contribution in [0.1, 0.15) is 42.2 Å². The van der Waals surface area contributed by atoms with Crippen LogP contribution in [0.4, 0.5) is 0 Å². The van der Waals surface area contributed by atoms with Crippen molar-refractivity contribution < 1.29 is 9.90 Å². The lowest BCUT2D eigenvalue weighted by atomic mass is 9.93. The normalized spacial score (nSPS) is 28.2. The molecule has 0 saturated carbocycles. The molecule has 2 heterocycles. The number of thiophene rings is 1. The Hall–Kier alpha value is -0.870. The predicted octanol–water partition coefficient (Wildman–Crippen LogP) is 2.92. The lowest BCUT2D eigenvalue weighted by Crippen LogP contribution is -2.29. The molecule has 0 bridgehead atoms. The van der Waals surface area contributed by atoms with Gasteiger partial charge in [-0.2, -0.15) is 0 Å². The molecular formula is C14H19NO2S. The van der Waals surface area contributed by atoms with Crippen molar-refractivity contribution in [1.82, 2.24) is 4.90 Å². The fraction of sp³-hybridized carbons (Fsp3) is 0.643. The predicted molar refractivity (Wildman–Crippen MR) is 71.9 cm³/mol. The maximum Gasteiger partial charge on any atom is 0.303 e. The quantitative estimate of drug-likeness (QED) is 0.913. The third-order valence-corrected chi connectivity index (χ3v) is 5.24. The molecule has 2 atom stereocenters. The minimum absolute atomic E-state index is 0.333. The van der Waals surface area contributed by atoms with Crippen LogP contribution < -0.4 is 0 Å². The highest BCUT2D eigenvalue weighted by atomic mass is 32.1. The van der Waals surface area contributed by atoms with Crippen LogP contribution in [0, 0.1) is 5.92 Å². The monoisotopic (exact) mass is 265 g/mol. The summed E-state index contributed by atoms with van der Waals surface area (Å²) in [6.07, 6.45) is 5.12. The molecule has 2 unspecified atom stereocenters. The van der Waals surface area contributed by atoms with Crippen molar-refractivity contribution in [3.8, 4) is 0 Å². The molecule has 0 aromatic carbocycles. The molecule has 1 aliphatic heterocycles. The zero-order chi connectivity index (χ0) is 12.5. The molecule has 4 heteroatoms. The number of hydrogen-bond acceptors (Lipinski definition) is 3. The molecule has 18 heavy (non-hydrogen) atoms. The van der Waals surface area contributed by atoms with Crippen molar-refractivity contribution in [2.24, 2.45) is 5.92 Å². The Balaban J connectivity index is 1.69. The molecule has 2 aliphatic rings. The van der Waals surface area contributed by atoms with Crippen molar-refractivity contribution in [2.45, 2.75) is 38.1 Å².